The predicted molar refractivity (Wildman–Crippen MR) is 52.5 cm³/mol. The molecule has 2 aliphatic rings. The fourth-order valence-corrected chi connectivity index (χ4v) is 1.85. The van der Waals surface area contributed by atoms with Gasteiger partial charge in [-0.2, -0.15) is 0 Å². The molecule has 1 aliphatic carbocycles. The number of alkyl halides is 2. The Kier molecular flexibility index (Phi) is 1.75. The summed E-state index contributed by atoms with van der Waals surface area (Å²) < 4.78 is 34.2. The number of nitrogens with two attached hydrogens (primary N) is 1. The van der Waals surface area contributed by atoms with E-state index in [1.807, 2.05) is 0 Å². The molecule has 3 nitrogen and oxygen atoms in total. The summed E-state index contributed by atoms with van der Waals surface area (Å²) in [6, 6.07) is 4.82. The van der Waals surface area contributed by atoms with Gasteiger partial charge in [0.05, 0.1) is 0 Å². The Bertz CT molecular complexity index is 444. The first-order chi connectivity index (χ1) is 7.46. The van der Waals surface area contributed by atoms with Gasteiger partial charge in [0.15, 0.2) is 11.5 Å². The van der Waals surface area contributed by atoms with Gasteiger partial charge in [-0.15, -0.1) is 8.78 Å². The molecular weight excluding hydrogens is 216 g/mol. The lowest BCUT2D eigenvalue weighted by Crippen LogP contribution is -2.26. The molecule has 1 heterocycles. The Morgan fingerprint density at radius 3 is 2.56 bits per heavy atom. The first kappa shape index (κ1) is 9.84. The molecule has 0 atom stereocenters. The van der Waals surface area contributed by atoms with Crippen molar-refractivity contribution in [2.75, 3.05) is 0 Å². The predicted octanol–water partition coefficient (Wildman–Crippen LogP) is 2.04. The highest BCUT2D eigenvalue weighted by molar-refractivity contribution is 5.45. The quantitative estimate of drug-likeness (QED) is 0.840. The van der Waals surface area contributed by atoms with Gasteiger partial charge in [-0.3, -0.25) is 0 Å². The van der Waals surface area contributed by atoms with E-state index in [-0.39, 0.29) is 17.0 Å². The number of benzene rings is 1. The van der Waals surface area contributed by atoms with Gasteiger partial charge in [-0.05, 0) is 37.0 Å². The number of fused-ring (bicyclic) bond motifs is 1. The fraction of sp³-hybridized carbons (Fsp3) is 0.455. The number of halogens is 2. The van der Waals surface area contributed by atoms with Crippen molar-refractivity contribution in [3.05, 3.63) is 23.8 Å². The molecule has 0 unspecified atom stereocenters. The second-order valence-corrected chi connectivity index (χ2v) is 4.49. The first-order valence-electron chi connectivity index (χ1n) is 5.14. The maximum Gasteiger partial charge on any atom is 0.586 e. The Labute approximate surface area is 91.1 Å². The van der Waals surface area contributed by atoms with Gasteiger partial charge >= 0.3 is 6.29 Å². The van der Waals surface area contributed by atoms with E-state index in [1.54, 1.807) is 12.1 Å². The van der Waals surface area contributed by atoms with Gasteiger partial charge in [-0.25, -0.2) is 0 Å². The Hall–Kier alpha value is -1.36. The summed E-state index contributed by atoms with van der Waals surface area (Å²) in [6.45, 7) is 0. The molecular formula is C11H11F2NO2. The van der Waals surface area contributed by atoms with Gasteiger partial charge in [0.25, 0.3) is 0 Å². The van der Waals surface area contributed by atoms with Gasteiger partial charge < -0.3 is 15.2 Å². The van der Waals surface area contributed by atoms with Gasteiger partial charge in [0, 0.05) is 5.54 Å². The zero-order valence-corrected chi connectivity index (χ0v) is 8.50. The fourth-order valence-electron chi connectivity index (χ4n) is 1.85. The van der Waals surface area contributed by atoms with E-state index < -0.39 is 6.29 Å². The summed E-state index contributed by atoms with van der Waals surface area (Å²) >= 11 is 0. The van der Waals surface area contributed by atoms with Crippen LogP contribution in [0, 0.1) is 0 Å². The topological polar surface area (TPSA) is 44.5 Å². The van der Waals surface area contributed by atoms with Crippen LogP contribution < -0.4 is 15.2 Å². The minimum Gasteiger partial charge on any atom is -0.395 e. The van der Waals surface area contributed by atoms with Crippen LogP contribution in [0.4, 0.5) is 8.78 Å². The van der Waals surface area contributed by atoms with Crippen molar-refractivity contribution < 1.29 is 18.3 Å². The smallest absolute Gasteiger partial charge is 0.395 e. The van der Waals surface area contributed by atoms with E-state index in [0.29, 0.717) is 6.42 Å². The van der Waals surface area contributed by atoms with Crippen molar-refractivity contribution in [2.45, 2.75) is 31.1 Å². The molecule has 5 heteroatoms. The molecule has 0 amide bonds. The van der Waals surface area contributed by atoms with E-state index in [1.165, 1.54) is 6.07 Å². The summed E-state index contributed by atoms with van der Waals surface area (Å²) in [5, 5.41) is 0. The summed E-state index contributed by atoms with van der Waals surface area (Å²) in [5.41, 5.74) is 6.72. The molecule has 3 rings (SSSR count). The molecule has 16 heavy (non-hydrogen) atoms. The Morgan fingerprint density at radius 1 is 1.19 bits per heavy atom. The summed E-state index contributed by atoms with van der Waals surface area (Å²) in [5.74, 6) is 0.169. The van der Waals surface area contributed by atoms with Crippen molar-refractivity contribution >= 4 is 0 Å². The molecule has 0 saturated heterocycles. The van der Waals surface area contributed by atoms with E-state index in [4.69, 9.17) is 5.73 Å². The number of hydrogen-bond acceptors (Lipinski definition) is 3. The summed E-state index contributed by atoms with van der Waals surface area (Å²) in [4.78, 5) is 0. The average molecular weight is 227 g/mol. The maximum atomic E-state index is 12.7. The molecule has 1 aliphatic heterocycles. The van der Waals surface area contributed by atoms with Crippen molar-refractivity contribution in [3.8, 4) is 11.5 Å². The van der Waals surface area contributed by atoms with Crippen LogP contribution in [0.15, 0.2) is 18.2 Å². The van der Waals surface area contributed by atoms with Crippen molar-refractivity contribution in [3.63, 3.8) is 0 Å². The highest BCUT2D eigenvalue weighted by Crippen LogP contribution is 2.43. The number of hydrogen-bond donors (Lipinski definition) is 1. The maximum absolute atomic E-state index is 12.7. The second-order valence-electron chi connectivity index (χ2n) is 4.49. The van der Waals surface area contributed by atoms with E-state index >= 15 is 0 Å². The third-order valence-electron chi connectivity index (χ3n) is 2.91. The van der Waals surface area contributed by atoms with Gasteiger partial charge in [0.1, 0.15) is 0 Å². The minimum atomic E-state index is -3.54. The highest BCUT2D eigenvalue weighted by Gasteiger charge is 2.44. The van der Waals surface area contributed by atoms with Crippen molar-refractivity contribution in [1.82, 2.24) is 0 Å². The molecule has 1 aromatic carbocycles. The molecule has 0 aromatic heterocycles. The third-order valence-corrected chi connectivity index (χ3v) is 2.91. The van der Waals surface area contributed by atoms with Crippen LogP contribution in [0.5, 0.6) is 11.5 Å². The summed E-state index contributed by atoms with van der Waals surface area (Å²) in [7, 11) is 0. The Morgan fingerprint density at radius 2 is 1.88 bits per heavy atom. The second kappa shape index (κ2) is 2.85. The van der Waals surface area contributed by atoms with Crippen LogP contribution in [-0.2, 0) is 6.42 Å². The van der Waals surface area contributed by atoms with Crippen LogP contribution in [0.25, 0.3) is 0 Å². The Balaban J connectivity index is 1.84. The monoisotopic (exact) mass is 227 g/mol. The normalized spacial score (nSPS) is 23.2. The lowest BCUT2D eigenvalue weighted by molar-refractivity contribution is -0.286. The van der Waals surface area contributed by atoms with Gasteiger partial charge in [-0.1, -0.05) is 6.07 Å². The first-order valence-corrected chi connectivity index (χ1v) is 5.14. The molecule has 1 fully saturated rings. The van der Waals surface area contributed by atoms with Crippen molar-refractivity contribution in [2.24, 2.45) is 5.73 Å². The lowest BCUT2D eigenvalue weighted by Gasteiger charge is -2.08. The van der Waals surface area contributed by atoms with Crippen LogP contribution in [0.1, 0.15) is 18.4 Å². The SMILES string of the molecule is NC1(Cc2ccc3c(c2)OC(F)(F)O3)CC1. The zero-order chi connectivity index (χ0) is 11.4. The zero-order valence-electron chi connectivity index (χ0n) is 8.50. The van der Waals surface area contributed by atoms with Crippen molar-refractivity contribution in [1.29, 1.82) is 0 Å². The van der Waals surface area contributed by atoms with Crippen LogP contribution in [0.3, 0.4) is 0 Å². The van der Waals surface area contributed by atoms with Crippen LogP contribution in [-0.4, -0.2) is 11.8 Å². The lowest BCUT2D eigenvalue weighted by atomic mass is 10.0. The molecule has 0 spiro atoms. The van der Waals surface area contributed by atoms with E-state index in [0.717, 1.165) is 18.4 Å². The number of rotatable bonds is 2. The standard InChI is InChI=1S/C11H11F2NO2/c12-11(13)15-8-2-1-7(5-9(8)16-11)6-10(14)3-4-10/h1-2,5H,3-4,6,14H2. The molecule has 0 bridgehead atoms. The molecule has 86 valence electrons. The summed E-state index contributed by atoms with van der Waals surface area (Å²) in [6.07, 6.45) is -0.884. The number of ether oxygens (including phenoxy) is 2. The molecule has 1 aromatic rings. The van der Waals surface area contributed by atoms with E-state index in [2.05, 4.69) is 9.47 Å². The minimum absolute atomic E-state index is 0.0793. The molecule has 2 N–H and O–H groups in total. The largest absolute Gasteiger partial charge is 0.586 e. The van der Waals surface area contributed by atoms with Gasteiger partial charge in [0.2, 0.25) is 0 Å². The third kappa shape index (κ3) is 1.71. The van der Waals surface area contributed by atoms with Crippen LogP contribution in [0.2, 0.25) is 0 Å². The highest BCUT2D eigenvalue weighted by atomic mass is 19.3. The molecule has 1 saturated carbocycles. The molecule has 0 radical (unpaired) electrons. The van der Waals surface area contributed by atoms with Crippen LogP contribution >= 0.6 is 0 Å². The average Bonchev–Trinajstić information content (AvgIpc) is 2.78. The van der Waals surface area contributed by atoms with E-state index in [9.17, 15) is 8.78 Å².